The molecule has 1 aromatic carbocycles. The van der Waals surface area contributed by atoms with Crippen LogP contribution in [-0.4, -0.2) is 9.78 Å². The summed E-state index contributed by atoms with van der Waals surface area (Å²) in [4.78, 5) is 0. The van der Waals surface area contributed by atoms with Gasteiger partial charge in [0.2, 0.25) is 0 Å². The SMILES string of the molecule is Cn1nc(C(F)(F)F)cc1CNc1ccc(F)c(Cl)c1. The van der Waals surface area contributed by atoms with Gasteiger partial charge < -0.3 is 5.32 Å². The minimum Gasteiger partial charge on any atom is -0.379 e. The van der Waals surface area contributed by atoms with E-state index in [0.29, 0.717) is 11.4 Å². The summed E-state index contributed by atoms with van der Waals surface area (Å²) in [6.45, 7) is 0.113. The van der Waals surface area contributed by atoms with Crippen molar-refractivity contribution in [3.63, 3.8) is 0 Å². The van der Waals surface area contributed by atoms with Crippen LogP contribution >= 0.6 is 11.6 Å². The molecule has 0 aliphatic rings. The highest BCUT2D eigenvalue weighted by molar-refractivity contribution is 6.31. The molecule has 20 heavy (non-hydrogen) atoms. The van der Waals surface area contributed by atoms with Crippen LogP contribution in [0.25, 0.3) is 0 Å². The van der Waals surface area contributed by atoms with E-state index in [1.807, 2.05) is 0 Å². The van der Waals surface area contributed by atoms with Crippen molar-refractivity contribution in [3.8, 4) is 0 Å². The summed E-state index contributed by atoms with van der Waals surface area (Å²) >= 11 is 5.61. The molecule has 108 valence electrons. The van der Waals surface area contributed by atoms with E-state index in [2.05, 4.69) is 10.4 Å². The number of hydrogen-bond donors (Lipinski definition) is 1. The summed E-state index contributed by atoms with van der Waals surface area (Å²) in [5.41, 5.74) is -0.0992. The number of anilines is 1. The molecule has 0 unspecified atom stereocenters. The predicted molar refractivity (Wildman–Crippen MR) is 66.9 cm³/mol. The molecule has 0 atom stereocenters. The maximum absolute atomic E-state index is 13.0. The molecule has 1 N–H and O–H groups in total. The summed E-state index contributed by atoms with van der Waals surface area (Å²) < 4.78 is 51.6. The monoisotopic (exact) mass is 307 g/mol. The quantitative estimate of drug-likeness (QED) is 0.873. The molecule has 2 aromatic rings. The number of aryl methyl sites for hydroxylation is 1. The third kappa shape index (κ3) is 3.22. The van der Waals surface area contributed by atoms with Gasteiger partial charge in [-0.2, -0.15) is 18.3 Å². The highest BCUT2D eigenvalue weighted by Crippen LogP contribution is 2.28. The molecular weight excluding hydrogens is 298 g/mol. The van der Waals surface area contributed by atoms with Crippen LogP contribution in [0.5, 0.6) is 0 Å². The van der Waals surface area contributed by atoms with Crippen LogP contribution in [0, 0.1) is 5.82 Å². The van der Waals surface area contributed by atoms with Crippen LogP contribution in [0.4, 0.5) is 23.2 Å². The Balaban J connectivity index is 2.11. The van der Waals surface area contributed by atoms with Gasteiger partial charge in [0.15, 0.2) is 5.69 Å². The van der Waals surface area contributed by atoms with Gasteiger partial charge >= 0.3 is 6.18 Å². The summed E-state index contributed by atoms with van der Waals surface area (Å²) in [5, 5.41) is 6.19. The van der Waals surface area contributed by atoms with Crippen LogP contribution in [0.15, 0.2) is 24.3 Å². The van der Waals surface area contributed by atoms with Crippen molar-refractivity contribution < 1.29 is 17.6 Å². The largest absolute Gasteiger partial charge is 0.435 e. The van der Waals surface area contributed by atoms with E-state index in [-0.39, 0.29) is 11.6 Å². The Kier molecular flexibility index (Phi) is 3.89. The zero-order chi connectivity index (χ0) is 14.9. The minimum atomic E-state index is -4.48. The van der Waals surface area contributed by atoms with Crippen LogP contribution in [0.1, 0.15) is 11.4 Å². The van der Waals surface area contributed by atoms with Crippen LogP contribution in [-0.2, 0) is 19.8 Å². The van der Waals surface area contributed by atoms with Gasteiger partial charge in [0.1, 0.15) is 5.82 Å². The van der Waals surface area contributed by atoms with Crippen LogP contribution in [0.3, 0.4) is 0 Å². The molecule has 1 heterocycles. The van der Waals surface area contributed by atoms with E-state index in [1.165, 1.54) is 25.2 Å². The summed E-state index contributed by atoms with van der Waals surface area (Å²) in [7, 11) is 1.42. The van der Waals surface area contributed by atoms with Crippen molar-refractivity contribution in [2.24, 2.45) is 7.05 Å². The van der Waals surface area contributed by atoms with Gasteiger partial charge in [-0.25, -0.2) is 4.39 Å². The fraction of sp³-hybridized carbons (Fsp3) is 0.250. The van der Waals surface area contributed by atoms with Gasteiger partial charge in [-0.3, -0.25) is 4.68 Å². The summed E-state index contributed by atoms with van der Waals surface area (Å²) in [6, 6.07) is 4.94. The van der Waals surface area contributed by atoms with Crippen molar-refractivity contribution in [2.45, 2.75) is 12.7 Å². The molecular formula is C12H10ClF4N3. The zero-order valence-electron chi connectivity index (χ0n) is 10.3. The zero-order valence-corrected chi connectivity index (χ0v) is 11.1. The first-order valence-corrected chi connectivity index (χ1v) is 5.94. The topological polar surface area (TPSA) is 29.9 Å². The molecule has 0 saturated carbocycles. The number of aromatic nitrogens is 2. The number of nitrogens with one attached hydrogen (secondary N) is 1. The fourth-order valence-corrected chi connectivity index (χ4v) is 1.79. The van der Waals surface area contributed by atoms with E-state index in [4.69, 9.17) is 11.6 Å². The lowest BCUT2D eigenvalue weighted by molar-refractivity contribution is -0.141. The molecule has 1 aromatic heterocycles. The molecule has 0 saturated heterocycles. The number of benzene rings is 1. The first kappa shape index (κ1) is 14.6. The van der Waals surface area contributed by atoms with Crippen molar-refractivity contribution >= 4 is 17.3 Å². The number of halogens is 5. The highest BCUT2D eigenvalue weighted by atomic mass is 35.5. The van der Waals surface area contributed by atoms with Gasteiger partial charge in [-0.1, -0.05) is 11.6 Å². The Bertz CT molecular complexity index is 622. The fourth-order valence-electron chi connectivity index (χ4n) is 1.61. The van der Waals surface area contributed by atoms with Crippen molar-refractivity contribution in [3.05, 3.63) is 46.5 Å². The standard InChI is InChI=1S/C12H10ClF4N3/c1-20-8(5-11(19-20)12(15,16)17)6-18-7-2-3-10(14)9(13)4-7/h2-5,18H,6H2,1H3. The minimum absolute atomic E-state index is 0.0593. The van der Waals surface area contributed by atoms with Gasteiger partial charge in [0.05, 0.1) is 17.3 Å². The van der Waals surface area contributed by atoms with Crippen molar-refractivity contribution in [2.75, 3.05) is 5.32 Å². The summed E-state index contributed by atoms with van der Waals surface area (Å²) in [6.07, 6.45) is -4.48. The number of hydrogen-bond acceptors (Lipinski definition) is 2. The van der Waals surface area contributed by atoms with E-state index < -0.39 is 17.7 Å². The number of nitrogens with zero attached hydrogens (tertiary/aromatic N) is 2. The highest BCUT2D eigenvalue weighted by Gasteiger charge is 2.34. The first-order chi connectivity index (χ1) is 9.27. The summed E-state index contributed by atoms with van der Waals surface area (Å²) in [5.74, 6) is -0.558. The Morgan fingerprint density at radius 1 is 1.30 bits per heavy atom. The molecule has 0 radical (unpaired) electrons. The first-order valence-electron chi connectivity index (χ1n) is 5.56. The molecule has 3 nitrogen and oxygen atoms in total. The molecule has 8 heteroatoms. The van der Waals surface area contributed by atoms with Crippen molar-refractivity contribution in [1.29, 1.82) is 0 Å². The number of alkyl halides is 3. The van der Waals surface area contributed by atoms with Crippen LogP contribution in [0.2, 0.25) is 5.02 Å². The van der Waals surface area contributed by atoms with Gasteiger partial charge in [0.25, 0.3) is 0 Å². The third-order valence-electron chi connectivity index (χ3n) is 2.66. The van der Waals surface area contributed by atoms with E-state index in [9.17, 15) is 17.6 Å². The Morgan fingerprint density at radius 2 is 2.00 bits per heavy atom. The predicted octanol–water partition coefficient (Wildman–Crippen LogP) is 3.84. The molecule has 0 fully saturated rings. The second kappa shape index (κ2) is 5.32. The molecule has 0 bridgehead atoms. The third-order valence-corrected chi connectivity index (χ3v) is 2.95. The Labute approximate surface area is 117 Å². The van der Waals surface area contributed by atoms with Crippen molar-refractivity contribution in [1.82, 2.24) is 9.78 Å². The second-order valence-corrected chi connectivity index (χ2v) is 4.53. The second-order valence-electron chi connectivity index (χ2n) is 4.12. The van der Waals surface area contributed by atoms with Gasteiger partial charge in [-0.05, 0) is 24.3 Å². The Morgan fingerprint density at radius 3 is 2.55 bits per heavy atom. The van der Waals surface area contributed by atoms with Gasteiger partial charge in [-0.15, -0.1) is 0 Å². The molecule has 0 aliphatic heterocycles. The Hall–Kier alpha value is -1.76. The molecule has 0 spiro atoms. The maximum Gasteiger partial charge on any atom is 0.435 e. The number of rotatable bonds is 3. The van der Waals surface area contributed by atoms with E-state index in [0.717, 1.165) is 10.7 Å². The van der Waals surface area contributed by atoms with Crippen LogP contribution < -0.4 is 5.32 Å². The van der Waals surface area contributed by atoms with E-state index >= 15 is 0 Å². The normalized spacial score (nSPS) is 11.7. The lowest BCUT2D eigenvalue weighted by Crippen LogP contribution is -2.07. The molecule has 0 aliphatic carbocycles. The average Bonchev–Trinajstić information content (AvgIpc) is 2.72. The molecule has 0 amide bonds. The molecule has 2 rings (SSSR count). The lowest BCUT2D eigenvalue weighted by atomic mass is 10.3. The van der Waals surface area contributed by atoms with E-state index in [1.54, 1.807) is 0 Å². The van der Waals surface area contributed by atoms with Gasteiger partial charge in [0, 0.05) is 12.7 Å². The maximum atomic E-state index is 13.0. The average molecular weight is 308 g/mol. The lowest BCUT2D eigenvalue weighted by Gasteiger charge is -2.07. The smallest absolute Gasteiger partial charge is 0.379 e.